The second-order valence-corrected chi connectivity index (χ2v) is 6.49. The first-order valence-corrected chi connectivity index (χ1v) is 8.14. The molecule has 2 aliphatic rings. The average molecular weight is 295 g/mol. The molecule has 0 aromatic heterocycles. The number of amides is 1. The van der Waals surface area contributed by atoms with Gasteiger partial charge in [0.1, 0.15) is 5.75 Å². The molecule has 2 aromatic carbocycles. The largest absolute Gasteiger partial charge is 0.496 e. The molecule has 1 N–H and O–H groups in total. The number of carbonyl (C=O) groups is 1. The number of fused-ring (bicyclic) bond motifs is 2. The summed E-state index contributed by atoms with van der Waals surface area (Å²) in [5.41, 5.74) is 2.64. The molecule has 1 unspecified atom stereocenters. The van der Waals surface area contributed by atoms with Crippen molar-refractivity contribution in [3.05, 3.63) is 41.5 Å². The van der Waals surface area contributed by atoms with Crippen LogP contribution in [0.3, 0.4) is 0 Å². The Morgan fingerprint density at radius 1 is 1.23 bits per heavy atom. The number of benzene rings is 2. The Hall–Kier alpha value is -2.03. The fourth-order valence-electron chi connectivity index (χ4n) is 3.56. The van der Waals surface area contributed by atoms with Gasteiger partial charge in [0, 0.05) is 22.9 Å². The van der Waals surface area contributed by atoms with Crippen LogP contribution in [0.15, 0.2) is 30.3 Å². The summed E-state index contributed by atoms with van der Waals surface area (Å²) in [5, 5.41) is 5.63. The molecule has 0 aliphatic heterocycles. The van der Waals surface area contributed by atoms with Crippen LogP contribution in [0.4, 0.5) is 0 Å². The second kappa shape index (κ2) is 5.31. The number of ether oxygens (including phenoxy) is 1. The number of carbonyl (C=O) groups excluding carboxylic acids is 1. The van der Waals surface area contributed by atoms with Gasteiger partial charge in [-0.25, -0.2) is 0 Å². The number of hydrogen-bond acceptors (Lipinski definition) is 2. The van der Waals surface area contributed by atoms with E-state index in [1.165, 1.54) is 16.5 Å². The van der Waals surface area contributed by atoms with Crippen molar-refractivity contribution in [2.24, 2.45) is 5.92 Å². The number of methoxy groups -OCH3 is 1. The van der Waals surface area contributed by atoms with Gasteiger partial charge in [0.15, 0.2) is 0 Å². The van der Waals surface area contributed by atoms with E-state index in [1.54, 1.807) is 7.11 Å². The standard InChI is InChI=1S/C19H21NO2/c1-22-18-16-5-3-2-4-13(16)10-14-8-9-15(11-17(14)18)20-19(21)12-6-7-12/h2-5,10,12,15H,6-9,11H2,1H3,(H,20,21). The molecule has 3 nitrogen and oxygen atoms in total. The molecule has 0 saturated heterocycles. The third kappa shape index (κ3) is 2.35. The summed E-state index contributed by atoms with van der Waals surface area (Å²) in [7, 11) is 1.74. The highest BCUT2D eigenvalue weighted by molar-refractivity contribution is 5.91. The van der Waals surface area contributed by atoms with E-state index in [0.717, 1.165) is 43.2 Å². The van der Waals surface area contributed by atoms with Crippen LogP contribution >= 0.6 is 0 Å². The summed E-state index contributed by atoms with van der Waals surface area (Å²) >= 11 is 0. The molecule has 2 aliphatic carbocycles. The first kappa shape index (κ1) is 13.6. The Kier molecular flexibility index (Phi) is 3.29. The Balaban J connectivity index is 1.67. The normalized spacial score (nSPS) is 20.5. The zero-order valence-corrected chi connectivity index (χ0v) is 12.9. The molecule has 22 heavy (non-hydrogen) atoms. The van der Waals surface area contributed by atoms with Gasteiger partial charge < -0.3 is 10.1 Å². The predicted molar refractivity (Wildman–Crippen MR) is 87.2 cm³/mol. The zero-order chi connectivity index (χ0) is 15.1. The van der Waals surface area contributed by atoms with E-state index in [1.807, 2.05) is 6.07 Å². The van der Waals surface area contributed by atoms with Gasteiger partial charge in [-0.15, -0.1) is 0 Å². The fraction of sp³-hybridized carbons (Fsp3) is 0.421. The van der Waals surface area contributed by atoms with Crippen molar-refractivity contribution < 1.29 is 9.53 Å². The lowest BCUT2D eigenvalue weighted by atomic mass is 9.85. The minimum atomic E-state index is 0.244. The minimum absolute atomic E-state index is 0.244. The smallest absolute Gasteiger partial charge is 0.223 e. The quantitative estimate of drug-likeness (QED) is 0.944. The van der Waals surface area contributed by atoms with Gasteiger partial charge in [-0.3, -0.25) is 4.79 Å². The molecule has 2 aromatic rings. The lowest BCUT2D eigenvalue weighted by Gasteiger charge is -2.28. The lowest BCUT2D eigenvalue weighted by Crippen LogP contribution is -2.39. The van der Waals surface area contributed by atoms with Gasteiger partial charge >= 0.3 is 0 Å². The van der Waals surface area contributed by atoms with E-state index < -0.39 is 0 Å². The molecule has 1 fully saturated rings. The molecule has 3 heteroatoms. The van der Waals surface area contributed by atoms with E-state index in [4.69, 9.17) is 4.74 Å². The molecular formula is C19H21NO2. The Morgan fingerprint density at radius 2 is 2.05 bits per heavy atom. The molecule has 0 spiro atoms. The van der Waals surface area contributed by atoms with Crippen LogP contribution in [0.2, 0.25) is 0 Å². The van der Waals surface area contributed by atoms with Crippen LogP contribution in [0, 0.1) is 5.92 Å². The SMILES string of the molecule is COc1c2c(cc3ccccc13)CCC(NC(=O)C1CC1)C2. The first-order chi connectivity index (χ1) is 10.8. The van der Waals surface area contributed by atoms with E-state index >= 15 is 0 Å². The zero-order valence-electron chi connectivity index (χ0n) is 12.9. The Morgan fingerprint density at radius 3 is 2.82 bits per heavy atom. The summed E-state index contributed by atoms with van der Waals surface area (Å²) in [6, 6.07) is 10.9. The molecular weight excluding hydrogens is 274 g/mol. The molecule has 0 radical (unpaired) electrons. The minimum Gasteiger partial charge on any atom is -0.496 e. The average Bonchev–Trinajstić information content (AvgIpc) is 3.37. The van der Waals surface area contributed by atoms with Gasteiger partial charge in [0.05, 0.1) is 7.11 Å². The molecule has 1 atom stereocenters. The van der Waals surface area contributed by atoms with Crippen molar-refractivity contribution in [1.82, 2.24) is 5.32 Å². The summed E-state index contributed by atoms with van der Waals surface area (Å²) in [4.78, 5) is 12.0. The maximum Gasteiger partial charge on any atom is 0.223 e. The van der Waals surface area contributed by atoms with Crippen LogP contribution in [0.5, 0.6) is 5.75 Å². The highest BCUT2D eigenvalue weighted by Crippen LogP contribution is 2.37. The summed E-state index contributed by atoms with van der Waals surface area (Å²) < 4.78 is 5.73. The van der Waals surface area contributed by atoms with Gasteiger partial charge in [0.25, 0.3) is 0 Å². The molecule has 0 bridgehead atoms. The van der Waals surface area contributed by atoms with Crippen LogP contribution in [-0.4, -0.2) is 19.1 Å². The van der Waals surface area contributed by atoms with E-state index in [-0.39, 0.29) is 17.9 Å². The molecule has 1 saturated carbocycles. The second-order valence-electron chi connectivity index (χ2n) is 6.49. The highest BCUT2D eigenvalue weighted by atomic mass is 16.5. The predicted octanol–water partition coefficient (Wildman–Crippen LogP) is 3.23. The monoisotopic (exact) mass is 295 g/mol. The summed E-state index contributed by atoms with van der Waals surface area (Å²) in [6.45, 7) is 0. The summed E-state index contributed by atoms with van der Waals surface area (Å²) in [6.07, 6.45) is 5.02. The maximum absolute atomic E-state index is 12.0. The van der Waals surface area contributed by atoms with Crippen LogP contribution in [-0.2, 0) is 17.6 Å². The van der Waals surface area contributed by atoms with Crippen LogP contribution in [0.1, 0.15) is 30.4 Å². The lowest BCUT2D eigenvalue weighted by molar-refractivity contribution is -0.123. The third-order valence-electron chi connectivity index (χ3n) is 4.91. The van der Waals surface area contributed by atoms with Gasteiger partial charge in [-0.05, 0) is 43.1 Å². The molecule has 114 valence electrons. The van der Waals surface area contributed by atoms with Crippen molar-refractivity contribution >= 4 is 16.7 Å². The van der Waals surface area contributed by atoms with Crippen molar-refractivity contribution in [2.75, 3.05) is 7.11 Å². The van der Waals surface area contributed by atoms with E-state index in [0.29, 0.717) is 0 Å². The van der Waals surface area contributed by atoms with Crippen LogP contribution in [0.25, 0.3) is 10.8 Å². The van der Waals surface area contributed by atoms with Crippen molar-refractivity contribution in [1.29, 1.82) is 0 Å². The third-order valence-corrected chi connectivity index (χ3v) is 4.91. The van der Waals surface area contributed by atoms with E-state index in [2.05, 4.69) is 29.6 Å². The topological polar surface area (TPSA) is 38.3 Å². The Labute approximate surface area is 130 Å². The van der Waals surface area contributed by atoms with Gasteiger partial charge in [-0.1, -0.05) is 30.3 Å². The Bertz CT molecular complexity index is 734. The highest BCUT2D eigenvalue weighted by Gasteiger charge is 2.32. The maximum atomic E-state index is 12.0. The fourth-order valence-corrected chi connectivity index (χ4v) is 3.56. The molecule has 0 heterocycles. The van der Waals surface area contributed by atoms with Gasteiger partial charge in [0.2, 0.25) is 5.91 Å². The van der Waals surface area contributed by atoms with Crippen molar-refractivity contribution in [3.8, 4) is 5.75 Å². The first-order valence-electron chi connectivity index (χ1n) is 8.14. The van der Waals surface area contributed by atoms with Gasteiger partial charge in [-0.2, -0.15) is 0 Å². The number of nitrogens with one attached hydrogen (secondary N) is 1. The molecule has 4 rings (SSSR count). The van der Waals surface area contributed by atoms with Crippen molar-refractivity contribution in [3.63, 3.8) is 0 Å². The molecule has 1 amide bonds. The van der Waals surface area contributed by atoms with Crippen LogP contribution < -0.4 is 10.1 Å². The number of rotatable bonds is 3. The number of aryl methyl sites for hydroxylation is 1. The van der Waals surface area contributed by atoms with E-state index in [9.17, 15) is 4.79 Å². The summed E-state index contributed by atoms with van der Waals surface area (Å²) in [5.74, 6) is 1.51. The van der Waals surface area contributed by atoms with Crippen molar-refractivity contribution in [2.45, 2.75) is 38.1 Å². The number of hydrogen-bond donors (Lipinski definition) is 1.